The molecule has 3 aromatic rings. The first-order chi connectivity index (χ1) is 7.74. The number of aryl methyl sites for hydroxylation is 2. The van der Waals surface area contributed by atoms with Gasteiger partial charge < -0.3 is 8.82 Å². The van der Waals surface area contributed by atoms with Gasteiger partial charge >= 0.3 is 0 Å². The third-order valence-electron chi connectivity index (χ3n) is 2.60. The predicted octanol–water partition coefficient (Wildman–Crippen LogP) is 3.21. The minimum atomic E-state index is 0.860. The van der Waals surface area contributed by atoms with Gasteiger partial charge in [0.15, 0.2) is 0 Å². The minimum absolute atomic E-state index is 0.860. The lowest BCUT2D eigenvalue weighted by atomic mass is 10.1. The number of fused-ring (bicyclic) bond motifs is 1. The number of hydrogen-bond acceptors (Lipinski definition) is 2. The van der Waals surface area contributed by atoms with Gasteiger partial charge in [-0.2, -0.15) is 0 Å². The van der Waals surface area contributed by atoms with Crippen LogP contribution < -0.4 is 0 Å². The molecule has 16 heavy (non-hydrogen) atoms. The molecular weight excluding hydrogens is 200 g/mol. The molecule has 3 nitrogen and oxygen atoms in total. The second-order valence-electron chi connectivity index (χ2n) is 4.02. The van der Waals surface area contributed by atoms with Gasteiger partial charge in [0, 0.05) is 12.4 Å². The Morgan fingerprint density at radius 3 is 2.88 bits per heavy atom. The molecule has 0 fully saturated rings. The maximum absolute atomic E-state index is 5.44. The molecule has 0 aliphatic heterocycles. The van der Waals surface area contributed by atoms with Crippen LogP contribution in [0.3, 0.4) is 0 Å². The first-order valence-corrected chi connectivity index (χ1v) is 5.24. The summed E-state index contributed by atoms with van der Waals surface area (Å²) in [4.78, 5) is 4.51. The van der Waals surface area contributed by atoms with Crippen LogP contribution in [0.2, 0.25) is 0 Å². The summed E-state index contributed by atoms with van der Waals surface area (Å²) in [6.07, 6.45) is 5.78. The third kappa shape index (κ3) is 1.33. The lowest BCUT2D eigenvalue weighted by Gasteiger charge is -2.02. The summed E-state index contributed by atoms with van der Waals surface area (Å²) >= 11 is 0. The van der Waals surface area contributed by atoms with Gasteiger partial charge in [-0.3, -0.25) is 0 Å². The van der Waals surface area contributed by atoms with E-state index in [0.29, 0.717) is 0 Å². The van der Waals surface area contributed by atoms with Gasteiger partial charge in [-0.25, -0.2) is 4.98 Å². The number of hydrogen-bond donors (Lipinski definition) is 0. The fourth-order valence-electron chi connectivity index (χ4n) is 1.98. The Kier molecular flexibility index (Phi) is 1.86. The van der Waals surface area contributed by atoms with Crippen LogP contribution in [-0.2, 0) is 0 Å². The van der Waals surface area contributed by atoms with Crippen LogP contribution in [0, 0.1) is 13.8 Å². The molecule has 0 spiro atoms. The van der Waals surface area contributed by atoms with Crippen molar-refractivity contribution in [1.29, 1.82) is 0 Å². The monoisotopic (exact) mass is 212 g/mol. The summed E-state index contributed by atoms with van der Waals surface area (Å²) in [5.41, 5.74) is 4.19. The van der Waals surface area contributed by atoms with E-state index in [2.05, 4.69) is 24.2 Å². The highest BCUT2D eigenvalue weighted by Crippen LogP contribution is 2.25. The average molecular weight is 212 g/mol. The van der Waals surface area contributed by atoms with E-state index >= 15 is 0 Å². The molecule has 0 saturated carbocycles. The van der Waals surface area contributed by atoms with Crippen LogP contribution >= 0.6 is 0 Å². The summed E-state index contributed by atoms with van der Waals surface area (Å²) < 4.78 is 7.48. The molecule has 0 aliphatic rings. The van der Waals surface area contributed by atoms with E-state index in [9.17, 15) is 0 Å². The molecule has 0 amide bonds. The summed E-state index contributed by atoms with van der Waals surface area (Å²) in [5, 5.41) is 0. The van der Waals surface area contributed by atoms with Crippen LogP contribution in [0.1, 0.15) is 11.3 Å². The van der Waals surface area contributed by atoms with Crippen molar-refractivity contribution >= 4 is 5.65 Å². The second kappa shape index (κ2) is 3.23. The number of aromatic nitrogens is 2. The van der Waals surface area contributed by atoms with E-state index in [1.807, 2.05) is 29.7 Å². The zero-order valence-corrected chi connectivity index (χ0v) is 9.27. The highest BCUT2D eigenvalue weighted by Gasteiger charge is 2.09. The highest BCUT2D eigenvalue weighted by molar-refractivity contribution is 5.74. The van der Waals surface area contributed by atoms with Crippen molar-refractivity contribution in [2.45, 2.75) is 13.8 Å². The van der Waals surface area contributed by atoms with E-state index in [0.717, 1.165) is 22.7 Å². The molecule has 0 N–H and O–H groups in total. The topological polar surface area (TPSA) is 30.4 Å². The number of rotatable bonds is 1. The normalized spacial score (nSPS) is 11.1. The van der Waals surface area contributed by atoms with Crippen LogP contribution in [0.25, 0.3) is 17.0 Å². The summed E-state index contributed by atoms with van der Waals surface area (Å²) in [6, 6.07) is 5.95. The van der Waals surface area contributed by atoms with Crippen LogP contribution in [0.5, 0.6) is 0 Å². The molecule has 80 valence electrons. The Morgan fingerprint density at radius 1 is 1.25 bits per heavy atom. The second-order valence-corrected chi connectivity index (χ2v) is 4.02. The lowest BCUT2D eigenvalue weighted by Crippen LogP contribution is -1.88. The van der Waals surface area contributed by atoms with Gasteiger partial charge in [-0.1, -0.05) is 0 Å². The maximum atomic E-state index is 5.44. The van der Waals surface area contributed by atoms with Crippen LogP contribution in [-0.4, -0.2) is 9.38 Å². The average Bonchev–Trinajstić information content (AvgIpc) is 2.83. The van der Waals surface area contributed by atoms with E-state index in [1.54, 1.807) is 6.26 Å². The fourth-order valence-corrected chi connectivity index (χ4v) is 1.98. The first kappa shape index (κ1) is 9.21. The molecule has 3 rings (SSSR count). The van der Waals surface area contributed by atoms with Crippen LogP contribution in [0.15, 0.2) is 41.3 Å². The van der Waals surface area contributed by atoms with Gasteiger partial charge in [0.1, 0.15) is 11.4 Å². The standard InChI is InChI=1S/C13H12N2O/c1-9-6-11(12-4-3-5-16-12)13-14-10(2)8-15(13)7-9/h3-8H,1-2H3. The zero-order chi connectivity index (χ0) is 11.1. The van der Waals surface area contributed by atoms with Crippen molar-refractivity contribution in [2.24, 2.45) is 0 Å². The van der Waals surface area contributed by atoms with Gasteiger partial charge in [0.05, 0.1) is 17.5 Å². The molecule has 0 aromatic carbocycles. The largest absolute Gasteiger partial charge is 0.464 e. The Labute approximate surface area is 93.4 Å². The molecule has 0 radical (unpaired) electrons. The summed E-state index contributed by atoms with van der Waals surface area (Å²) in [7, 11) is 0. The zero-order valence-electron chi connectivity index (χ0n) is 9.27. The number of nitrogens with zero attached hydrogens (tertiary/aromatic N) is 2. The number of furan rings is 1. The first-order valence-electron chi connectivity index (χ1n) is 5.24. The minimum Gasteiger partial charge on any atom is -0.464 e. The molecule has 0 unspecified atom stereocenters. The smallest absolute Gasteiger partial charge is 0.148 e. The van der Waals surface area contributed by atoms with Crippen molar-refractivity contribution in [1.82, 2.24) is 9.38 Å². The molecule has 3 aromatic heterocycles. The Morgan fingerprint density at radius 2 is 2.12 bits per heavy atom. The van der Waals surface area contributed by atoms with Gasteiger partial charge in [0.2, 0.25) is 0 Å². The molecule has 0 aliphatic carbocycles. The van der Waals surface area contributed by atoms with Crippen molar-refractivity contribution < 1.29 is 4.42 Å². The Hall–Kier alpha value is -2.03. The number of imidazole rings is 1. The maximum Gasteiger partial charge on any atom is 0.148 e. The van der Waals surface area contributed by atoms with Crippen LogP contribution in [0.4, 0.5) is 0 Å². The molecule has 0 saturated heterocycles. The fraction of sp³-hybridized carbons (Fsp3) is 0.154. The lowest BCUT2D eigenvalue weighted by molar-refractivity contribution is 0.582. The van der Waals surface area contributed by atoms with Gasteiger partial charge in [-0.05, 0) is 37.6 Å². The van der Waals surface area contributed by atoms with E-state index in [4.69, 9.17) is 4.42 Å². The molecular formula is C13H12N2O. The highest BCUT2D eigenvalue weighted by atomic mass is 16.3. The van der Waals surface area contributed by atoms with E-state index < -0.39 is 0 Å². The SMILES string of the molecule is Cc1cc(-c2ccco2)c2nc(C)cn2c1. The summed E-state index contributed by atoms with van der Waals surface area (Å²) in [5.74, 6) is 0.860. The molecule has 3 heteroatoms. The van der Waals surface area contributed by atoms with E-state index in [1.165, 1.54) is 5.56 Å². The third-order valence-corrected chi connectivity index (χ3v) is 2.60. The molecule has 0 bridgehead atoms. The molecule has 0 atom stereocenters. The Balaban J connectivity index is 2.38. The van der Waals surface area contributed by atoms with Crippen molar-refractivity contribution in [3.8, 4) is 11.3 Å². The van der Waals surface area contributed by atoms with Gasteiger partial charge in [0.25, 0.3) is 0 Å². The van der Waals surface area contributed by atoms with Gasteiger partial charge in [-0.15, -0.1) is 0 Å². The predicted molar refractivity (Wildman–Crippen MR) is 62.4 cm³/mol. The summed E-state index contributed by atoms with van der Waals surface area (Å²) in [6.45, 7) is 4.06. The van der Waals surface area contributed by atoms with E-state index in [-0.39, 0.29) is 0 Å². The van der Waals surface area contributed by atoms with Crippen molar-refractivity contribution in [3.63, 3.8) is 0 Å². The quantitative estimate of drug-likeness (QED) is 0.620. The Bertz CT molecular complexity index is 635. The molecule has 3 heterocycles. The number of pyridine rings is 1. The van der Waals surface area contributed by atoms with Crippen molar-refractivity contribution in [3.05, 3.63) is 48.1 Å². The van der Waals surface area contributed by atoms with Crippen molar-refractivity contribution in [2.75, 3.05) is 0 Å².